The van der Waals surface area contributed by atoms with Crippen LogP contribution in [0.3, 0.4) is 0 Å². The van der Waals surface area contributed by atoms with Gasteiger partial charge in [-0.1, -0.05) is 6.07 Å². The fraction of sp³-hybridized carbons (Fsp3) is 0.500. The van der Waals surface area contributed by atoms with Crippen molar-refractivity contribution in [1.29, 1.82) is 0 Å². The zero-order valence-electron chi connectivity index (χ0n) is 11.5. The normalized spacial score (nSPS) is 24.1. The van der Waals surface area contributed by atoms with Gasteiger partial charge in [-0.25, -0.2) is 4.79 Å². The number of aromatic nitrogens is 1. The minimum absolute atomic E-state index is 0.307. The molecule has 1 N–H and O–H groups in total. The Morgan fingerprint density at radius 1 is 1.26 bits per heavy atom. The highest BCUT2D eigenvalue weighted by Gasteiger charge is 2.23. The first-order valence-electron chi connectivity index (χ1n) is 6.66. The van der Waals surface area contributed by atoms with Gasteiger partial charge in [-0.2, -0.15) is 0 Å². The van der Waals surface area contributed by atoms with Crippen molar-refractivity contribution in [2.45, 2.75) is 25.9 Å². The third kappa shape index (κ3) is 2.04. The number of nitrogens with one attached hydrogen (secondary N) is 1. The Balaban J connectivity index is 2.10. The van der Waals surface area contributed by atoms with Crippen molar-refractivity contribution in [3.05, 3.63) is 28.7 Å². The second-order valence-corrected chi connectivity index (χ2v) is 5.43. The molecule has 3 rings (SSSR count). The van der Waals surface area contributed by atoms with Gasteiger partial charge < -0.3 is 14.6 Å². The van der Waals surface area contributed by atoms with E-state index in [1.165, 1.54) is 0 Å². The Morgan fingerprint density at radius 3 is 2.63 bits per heavy atom. The third-order valence-electron chi connectivity index (χ3n) is 3.70. The monoisotopic (exact) mass is 261 g/mol. The summed E-state index contributed by atoms with van der Waals surface area (Å²) < 4.78 is 6.95. The van der Waals surface area contributed by atoms with Gasteiger partial charge in [0.1, 0.15) is 0 Å². The number of aryl methyl sites for hydroxylation is 1. The molecule has 102 valence electrons. The lowest BCUT2D eigenvalue weighted by molar-refractivity contribution is 0.406. The highest BCUT2D eigenvalue weighted by molar-refractivity contribution is 5.87. The third-order valence-corrected chi connectivity index (χ3v) is 3.70. The second kappa shape index (κ2) is 4.42. The minimum Gasteiger partial charge on any atom is -0.405 e. The number of para-hydroxylation sites is 1. The predicted molar refractivity (Wildman–Crippen MR) is 75.7 cm³/mol. The molecule has 0 bridgehead atoms. The fourth-order valence-electron chi connectivity index (χ4n) is 2.91. The number of anilines is 1. The number of hydrogen-bond acceptors (Lipinski definition) is 4. The summed E-state index contributed by atoms with van der Waals surface area (Å²) in [4.78, 5) is 14.0. The van der Waals surface area contributed by atoms with Gasteiger partial charge in [-0.15, -0.1) is 0 Å². The van der Waals surface area contributed by atoms with E-state index < -0.39 is 0 Å². The van der Waals surface area contributed by atoms with Crippen LogP contribution in [-0.4, -0.2) is 29.7 Å². The Hall–Kier alpha value is -1.75. The molecule has 0 amide bonds. The number of hydrogen-bond donors (Lipinski definition) is 1. The highest BCUT2D eigenvalue weighted by atomic mass is 16.4. The largest absolute Gasteiger partial charge is 0.419 e. The molecule has 0 saturated carbocycles. The first kappa shape index (κ1) is 12.3. The van der Waals surface area contributed by atoms with Crippen LogP contribution in [0.25, 0.3) is 11.1 Å². The van der Waals surface area contributed by atoms with Gasteiger partial charge in [0.25, 0.3) is 0 Å². The van der Waals surface area contributed by atoms with E-state index in [4.69, 9.17) is 4.42 Å². The molecule has 5 nitrogen and oxygen atoms in total. The van der Waals surface area contributed by atoms with E-state index in [1.54, 1.807) is 11.6 Å². The molecule has 2 aromatic rings. The van der Waals surface area contributed by atoms with Crippen molar-refractivity contribution in [3.63, 3.8) is 0 Å². The Bertz CT molecular complexity index is 648. The summed E-state index contributed by atoms with van der Waals surface area (Å²) >= 11 is 0. The first-order valence-corrected chi connectivity index (χ1v) is 6.66. The van der Waals surface area contributed by atoms with Gasteiger partial charge in [0.15, 0.2) is 5.58 Å². The van der Waals surface area contributed by atoms with Crippen LogP contribution in [0.4, 0.5) is 5.69 Å². The highest BCUT2D eigenvalue weighted by Crippen LogP contribution is 2.27. The average Bonchev–Trinajstić information content (AvgIpc) is 2.64. The van der Waals surface area contributed by atoms with Crippen LogP contribution in [-0.2, 0) is 7.05 Å². The van der Waals surface area contributed by atoms with E-state index in [0.717, 1.165) is 24.3 Å². The van der Waals surface area contributed by atoms with E-state index in [0.29, 0.717) is 17.7 Å². The summed E-state index contributed by atoms with van der Waals surface area (Å²) in [6.07, 6.45) is 0. The van der Waals surface area contributed by atoms with Crippen LogP contribution in [0.1, 0.15) is 13.8 Å². The summed E-state index contributed by atoms with van der Waals surface area (Å²) in [5.74, 6) is -0.307. The van der Waals surface area contributed by atoms with Crippen LogP contribution < -0.4 is 16.0 Å². The van der Waals surface area contributed by atoms with Crippen molar-refractivity contribution < 1.29 is 4.42 Å². The molecule has 0 aliphatic carbocycles. The molecule has 1 aromatic heterocycles. The molecule has 0 spiro atoms. The van der Waals surface area contributed by atoms with E-state index in [-0.39, 0.29) is 5.76 Å². The maximum atomic E-state index is 11.7. The molecule has 2 heterocycles. The number of benzene rings is 1. The first-order chi connectivity index (χ1) is 9.06. The number of nitrogens with zero attached hydrogens (tertiary/aromatic N) is 2. The van der Waals surface area contributed by atoms with E-state index in [1.807, 2.05) is 18.2 Å². The molecule has 1 saturated heterocycles. The second-order valence-electron chi connectivity index (χ2n) is 5.43. The molecule has 0 radical (unpaired) electrons. The van der Waals surface area contributed by atoms with Crippen molar-refractivity contribution in [2.24, 2.45) is 7.05 Å². The molecule has 0 unspecified atom stereocenters. The number of rotatable bonds is 1. The molecular formula is C14H19N3O2. The predicted octanol–water partition coefficient (Wildman–Crippen LogP) is 1.32. The summed E-state index contributed by atoms with van der Waals surface area (Å²) in [5.41, 5.74) is 2.55. The van der Waals surface area contributed by atoms with Crippen molar-refractivity contribution >= 4 is 16.8 Å². The van der Waals surface area contributed by atoms with Crippen LogP contribution in [0.2, 0.25) is 0 Å². The lowest BCUT2D eigenvalue weighted by atomic mass is 10.1. The fourth-order valence-corrected chi connectivity index (χ4v) is 2.91. The average molecular weight is 261 g/mol. The van der Waals surface area contributed by atoms with E-state index >= 15 is 0 Å². The van der Waals surface area contributed by atoms with Gasteiger partial charge >= 0.3 is 5.76 Å². The quantitative estimate of drug-likeness (QED) is 0.841. The maximum absolute atomic E-state index is 11.7. The summed E-state index contributed by atoms with van der Waals surface area (Å²) in [6, 6.07) is 6.77. The van der Waals surface area contributed by atoms with Gasteiger partial charge in [-0.05, 0) is 26.0 Å². The molecule has 1 aliphatic heterocycles. The van der Waals surface area contributed by atoms with Crippen LogP contribution in [0, 0.1) is 0 Å². The lowest BCUT2D eigenvalue weighted by Gasteiger charge is -2.37. The zero-order valence-corrected chi connectivity index (χ0v) is 11.5. The van der Waals surface area contributed by atoms with E-state index in [2.05, 4.69) is 24.1 Å². The van der Waals surface area contributed by atoms with Gasteiger partial charge in [0, 0.05) is 32.2 Å². The minimum atomic E-state index is -0.307. The molecular weight excluding hydrogens is 242 g/mol. The van der Waals surface area contributed by atoms with Crippen LogP contribution in [0.5, 0.6) is 0 Å². The molecule has 1 aromatic carbocycles. The Morgan fingerprint density at radius 2 is 1.95 bits per heavy atom. The lowest BCUT2D eigenvalue weighted by Crippen LogP contribution is -2.54. The van der Waals surface area contributed by atoms with Gasteiger partial charge in [-0.3, -0.25) is 4.57 Å². The van der Waals surface area contributed by atoms with Crippen LogP contribution >= 0.6 is 0 Å². The summed E-state index contributed by atoms with van der Waals surface area (Å²) in [7, 11) is 1.74. The topological polar surface area (TPSA) is 50.4 Å². The smallest absolute Gasteiger partial charge is 0.405 e. The number of oxazole rings is 1. The molecule has 1 fully saturated rings. The SMILES string of the molecule is C[C@@H]1CN(c2cccc3c2oc(=O)n3C)C[C@H](C)N1. The Labute approximate surface area is 111 Å². The van der Waals surface area contributed by atoms with Crippen molar-refractivity contribution in [1.82, 2.24) is 9.88 Å². The zero-order chi connectivity index (χ0) is 13.6. The molecule has 19 heavy (non-hydrogen) atoms. The molecule has 1 aliphatic rings. The Kier molecular flexibility index (Phi) is 2.86. The molecule has 2 atom stereocenters. The van der Waals surface area contributed by atoms with Crippen molar-refractivity contribution in [3.8, 4) is 0 Å². The van der Waals surface area contributed by atoms with Crippen molar-refractivity contribution in [2.75, 3.05) is 18.0 Å². The number of piperazine rings is 1. The van der Waals surface area contributed by atoms with Gasteiger partial charge in [0.2, 0.25) is 0 Å². The molecule has 5 heteroatoms. The van der Waals surface area contributed by atoms with Crippen LogP contribution in [0.15, 0.2) is 27.4 Å². The number of fused-ring (bicyclic) bond motifs is 1. The van der Waals surface area contributed by atoms with E-state index in [9.17, 15) is 4.79 Å². The summed E-state index contributed by atoms with van der Waals surface area (Å²) in [5, 5.41) is 3.50. The standard InChI is InChI=1S/C14H19N3O2/c1-9-7-17(8-10(2)15-9)12-6-4-5-11-13(12)19-14(18)16(11)3/h4-6,9-10,15H,7-8H2,1-3H3/t9-,10+. The summed E-state index contributed by atoms with van der Waals surface area (Å²) in [6.45, 7) is 6.18. The maximum Gasteiger partial charge on any atom is 0.419 e. The van der Waals surface area contributed by atoms with Gasteiger partial charge in [0.05, 0.1) is 11.2 Å².